The lowest BCUT2D eigenvalue weighted by Crippen LogP contribution is -2.08. The molecule has 0 amide bonds. The summed E-state index contributed by atoms with van der Waals surface area (Å²) >= 11 is 0. The Hall–Kier alpha value is -1.26. The van der Waals surface area contributed by atoms with Gasteiger partial charge in [0.2, 0.25) is 0 Å². The third-order valence-corrected chi connectivity index (χ3v) is 2.32. The number of hydrogen-bond acceptors (Lipinski definition) is 4. The van der Waals surface area contributed by atoms with Crippen LogP contribution < -0.4 is 10.5 Å². The SMILES string of the molecule is COc1cc(N)cc(COCCOCC(C)C)c1. The van der Waals surface area contributed by atoms with Crippen molar-refractivity contribution in [3.63, 3.8) is 0 Å². The number of nitrogen functional groups attached to an aromatic ring is 1. The van der Waals surface area contributed by atoms with E-state index in [1.54, 1.807) is 13.2 Å². The first-order valence-corrected chi connectivity index (χ1v) is 6.20. The molecule has 1 rings (SSSR count). The van der Waals surface area contributed by atoms with Crippen LogP contribution in [-0.2, 0) is 16.1 Å². The average molecular weight is 253 g/mol. The van der Waals surface area contributed by atoms with Crippen LogP contribution in [-0.4, -0.2) is 26.9 Å². The smallest absolute Gasteiger partial charge is 0.121 e. The van der Waals surface area contributed by atoms with Gasteiger partial charge in [-0.05, 0) is 23.6 Å². The molecule has 2 N–H and O–H groups in total. The van der Waals surface area contributed by atoms with Gasteiger partial charge in [-0.1, -0.05) is 13.8 Å². The van der Waals surface area contributed by atoms with Crippen molar-refractivity contribution in [2.45, 2.75) is 20.5 Å². The molecule has 0 unspecified atom stereocenters. The summed E-state index contributed by atoms with van der Waals surface area (Å²) < 4.78 is 16.1. The van der Waals surface area contributed by atoms with Gasteiger partial charge in [-0.2, -0.15) is 0 Å². The third-order valence-electron chi connectivity index (χ3n) is 2.32. The van der Waals surface area contributed by atoms with E-state index in [0.717, 1.165) is 17.9 Å². The van der Waals surface area contributed by atoms with Gasteiger partial charge in [0.15, 0.2) is 0 Å². The van der Waals surface area contributed by atoms with Gasteiger partial charge in [-0.3, -0.25) is 0 Å². The Morgan fingerprint density at radius 1 is 1.11 bits per heavy atom. The number of methoxy groups -OCH3 is 1. The standard InChI is InChI=1S/C14H23NO3/c1-11(2)9-17-4-5-18-10-12-6-13(15)8-14(7-12)16-3/h6-8,11H,4-5,9-10,15H2,1-3H3. The van der Waals surface area contributed by atoms with Crippen molar-refractivity contribution < 1.29 is 14.2 Å². The number of hydrogen-bond donors (Lipinski definition) is 1. The van der Waals surface area contributed by atoms with Gasteiger partial charge in [0.25, 0.3) is 0 Å². The third kappa shape index (κ3) is 5.89. The quantitative estimate of drug-likeness (QED) is 0.571. The topological polar surface area (TPSA) is 53.7 Å². The van der Waals surface area contributed by atoms with Gasteiger partial charge in [-0.15, -0.1) is 0 Å². The van der Waals surface area contributed by atoms with E-state index >= 15 is 0 Å². The molecule has 0 saturated carbocycles. The molecular formula is C14H23NO3. The molecule has 0 radical (unpaired) electrons. The molecule has 0 saturated heterocycles. The molecule has 0 heterocycles. The van der Waals surface area contributed by atoms with Crippen LogP contribution in [0.3, 0.4) is 0 Å². The van der Waals surface area contributed by atoms with Crippen molar-refractivity contribution in [1.82, 2.24) is 0 Å². The molecule has 18 heavy (non-hydrogen) atoms. The van der Waals surface area contributed by atoms with Crippen LogP contribution in [0.1, 0.15) is 19.4 Å². The van der Waals surface area contributed by atoms with Crippen molar-refractivity contribution in [1.29, 1.82) is 0 Å². The first-order chi connectivity index (χ1) is 8.61. The Kier molecular flexibility index (Phi) is 6.54. The summed E-state index contributed by atoms with van der Waals surface area (Å²) in [6.45, 7) is 6.75. The fraction of sp³-hybridized carbons (Fsp3) is 0.571. The predicted molar refractivity (Wildman–Crippen MR) is 72.7 cm³/mol. The highest BCUT2D eigenvalue weighted by Crippen LogP contribution is 2.18. The van der Waals surface area contributed by atoms with E-state index in [0.29, 0.717) is 31.4 Å². The molecule has 0 aliphatic heterocycles. The molecule has 102 valence electrons. The summed E-state index contributed by atoms with van der Waals surface area (Å²) in [5, 5.41) is 0. The van der Waals surface area contributed by atoms with E-state index in [2.05, 4.69) is 13.8 Å². The van der Waals surface area contributed by atoms with Crippen LogP contribution in [0, 0.1) is 5.92 Å². The summed E-state index contributed by atoms with van der Waals surface area (Å²) in [5.41, 5.74) is 7.45. The molecule has 0 atom stereocenters. The molecule has 1 aromatic carbocycles. The number of anilines is 1. The van der Waals surface area contributed by atoms with E-state index in [4.69, 9.17) is 19.9 Å². The Labute approximate surface area is 109 Å². The minimum Gasteiger partial charge on any atom is -0.497 e. The van der Waals surface area contributed by atoms with E-state index in [9.17, 15) is 0 Å². The van der Waals surface area contributed by atoms with Gasteiger partial charge in [0.05, 0.1) is 26.9 Å². The Bertz CT molecular complexity index is 353. The zero-order valence-corrected chi connectivity index (χ0v) is 11.4. The monoisotopic (exact) mass is 253 g/mol. The molecular weight excluding hydrogens is 230 g/mol. The molecule has 0 spiro atoms. The second-order valence-electron chi connectivity index (χ2n) is 4.64. The maximum atomic E-state index is 5.76. The highest BCUT2D eigenvalue weighted by atomic mass is 16.5. The molecule has 4 nitrogen and oxygen atoms in total. The van der Waals surface area contributed by atoms with Crippen molar-refractivity contribution in [3.05, 3.63) is 23.8 Å². The zero-order chi connectivity index (χ0) is 13.4. The van der Waals surface area contributed by atoms with Gasteiger partial charge in [-0.25, -0.2) is 0 Å². The largest absolute Gasteiger partial charge is 0.497 e. The molecule has 4 heteroatoms. The van der Waals surface area contributed by atoms with Gasteiger partial charge in [0, 0.05) is 18.4 Å². The van der Waals surface area contributed by atoms with Crippen LogP contribution in [0.15, 0.2) is 18.2 Å². The molecule has 1 aromatic rings. The summed E-state index contributed by atoms with van der Waals surface area (Å²) in [4.78, 5) is 0. The number of benzene rings is 1. The lowest BCUT2D eigenvalue weighted by atomic mass is 10.2. The first-order valence-electron chi connectivity index (χ1n) is 6.20. The van der Waals surface area contributed by atoms with Crippen molar-refractivity contribution in [2.75, 3.05) is 32.7 Å². The predicted octanol–water partition coefficient (Wildman–Crippen LogP) is 2.47. The van der Waals surface area contributed by atoms with Crippen LogP contribution in [0.25, 0.3) is 0 Å². The van der Waals surface area contributed by atoms with Crippen molar-refractivity contribution in [2.24, 2.45) is 5.92 Å². The van der Waals surface area contributed by atoms with Crippen LogP contribution in [0.2, 0.25) is 0 Å². The number of nitrogens with two attached hydrogens (primary N) is 1. The highest BCUT2D eigenvalue weighted by Gasteiger charge is 2.00. The highest BCUT2D eigenvalue weighted by molar-refractivity contribution is 5.47. The summed E-state index contributed by atoms with van der Waals surface area (Å²) in [6, 6.07) is 5.60. The molecule has 0 bridgehead atoms. The molecule has 0 fully saturated rings. The fourth-order valence-electron chi connectivity index (χ4n) is 1.51. The van der Waals surface area contributed by atoms with Gasteiger partial charge >= 0.3 is 0 Å². The lowest BCUT2D eigenvalue weighted by molar-refractivity contribution is 0.0314. The maximum Gasteiger partial charge on any atom is 0.121 e. The maximum absolute atomic E-state index is 5.76. The second kappa shape index (κ2) is 7.95. The molecule has 0 aliphatic rings. The summed E-state index contributed by atoms with van der Waals surface area (Å²) in [6.07, 6.45) is 0. The van der Waals surface area contributed by atoms with Gasteiger partial charge < -0.3 is 19.9 Å². The Morgan fingerprint density at radius 3 is 2.50 bits per heavy atom. The van der Waals surface area contributed by atoms with Crippen LogP contribution in [0.4, 0.5) is 5.69 Å². The van der Waals surface area contributed by atoms with E-state index in [1.165, 1.54) is 0 Å². The van der Waals surface area contributed by atoms with E-state index in [-0.39, 0.29) is 0 Å². The van der Waals surface area contributed by atoms with Crippen molar-refractivity contribution >= 4 is 5.69 Å². The van der Waals surface area contributed by atoms with Crippen molar-refractivity contribution in [3.8, 4) is 5.75 Å². The van der Waals surface area contributed by atoms with Crippen LogP contribution >= 0.6 is 0 Å². The average Bonchev–Trinajstić information content (AvgIpc) is 2.32. The molecule has 0 aliphatic carbocycles. The first kappa shape index (κ1) is 14.8. The van der Waals surface area contributed by atoms with Crippen LogP contribution in [0.5, 0.6) is 5.75 Å². The minimum absolute atomic E-state index is 0.520. The summed E-state index contributed by atoms with van der Waals surface area (Å²) in [5.74, 6) is 1.31. The Morgan fingerprint density at radius 2 is 1.83 bits per heavy atom. The lowest BCUT2D eigenvalue weighted by Gasteiger charge is -2.09. The fourth-order valence-corrected chi connectivity index (χ4v) is 1.51. The molecule has 0 aromatic heterocycles. The second-order valence-corrected chi connectivity index (χ2v) is 4.64. The van der Waals surface area contributed by atoms with E-state index in [1.807, 2.05) is 12.1 Å². The zero-order valence-electron chi connectivity index (χ0n) is 11.4. The van der Waals surface area contributed by atoms with E-state index < -0.39 is 0 Å². The van der Waals surface area contributed by atoms with Gasteiger partial charge in [0.1, 0.15) is 5.75 Å². The number of rotatable bonds is 8. The minimum atomic E-state index is 0.520. The summed E-state index contributed by atoms with van der Waals surface area (Å²) in [7, 11) is 1.62. The normalized spacial score (nSPS) is 10.9. The Balaban J connectivity index is 2.24. The number of ether oxygens (including phenoxy) is 3.